The smallest absolute Gasteiger partial charge is 0.258 e. The Balaban J connectivity index is 1.59. The van der Waals surface area contributed by atoms with E-state index < -0.39 is 6.10 Å². The number of aliphatic hydroxyl groups is 1. The highest BCUT2D eigenvalue weighted by Crippen LogP contribution is 2.30. The Hall–Kier alpha value is -2.40. The van der Waals surface area contributed by atoms with Gasteiger partial charge in [0, 0.05) is 25.8 Å². The predicted molar refractivity (Wildman–Crippen MR) is 106 cm³/mol. The summed E-state index contributed by atoms with van der Waals surface area (Å²) in [5, 5.41) is 10.5. The van der Waals surface area contributed by atoms with Crippen molar-refractivity contribution in [2.24, 2.45) is 0 Å². The van der Waals surface area contributed by atoms with Crippen LogP contribution in [0.5, 0.6) is 0 Å². The first-order chi connectivity index (χ1) is 13.1. The second-order valence-electron chi connectivity index (χ2n) is 7.68. The van der Waals surface area contributed by atoms with Gasteiger partial charge in [0.2, 0.25) is 0 Å². The number of pyridine rings is 1. The molecular weight excluding hydrogens is 338 g/mol. The van der Waals surface area contributed by atoms with E-state index in [2.05, 4.69) is 16.9 Å². The average Bonchev–Trinajstić information content (AvgIpc) is 2.73. The van der Waals surface area contributed by atoms with E-state index in [4.69, 9.17) is 0 Å². The zero-order chi connectivity index (χ0) is 18.8. The molecule has 142 valence electrons. The number of aromatic nitrogens is 1. The van der Waals surface area contributed by atoms with Crippen molar-refractivity contribution in [2.45, 2.75) is 50.8 Å². The van der Waals surface area contributed by atoms with Crippen molar-refractivity contribution in [2.75, 3.05) is 18.5 Å². The van der Waals surface area contributed by atoms with Crippen LogP contribution in [0.15, 0.2) is 42.6 Å². The number of β-amino-alcohol motifs (C(OH)–C–C–N with tert-alkyl or cyclic N) is 1. The number of aliphatic hydroxyl groups excluding tert-OH is 1. The molecule has 0 bridgehead atoms. The van der Waals surface area contributed by atoms with Crippen LogP contribution in [0.2, 0.25) is 0 Å². The highest BCUT2D eigenvalue weighted by Gasteiger charge is 2.30. The molecule has 27 heavy (non-hydrogen) atoms. The SMILES string of the molecule is CN(c1ncccc1C(=O)N1Cc2ccccc2[C@@H](O)C1)C1CCCCC1. The molecule has 1 aliphatic carbocycles. The van der Waals surface area contributed by atoms with Crippen LogP contribution < -0.4 is 4.90 Å². The van der Waals surface area contributed by atoms with E-state index in [9.17, 15) is 9.90 Å². The summed E-state index contributed by atoms with van der Waals surface area (Å²) in [6.07, 6.45) is 7.18. The quantitative estimate of drug-likeness (QED) is 0.904. The molecule has 2 aliphatic rings. The molecule has 0 unspecified atom stereocenters. The van der Waals surface area contributed by atoms with Gasteiger partial charge in [0.1, 0.15) is 5.82 Å². The Morgan fingerprint density at radius 2 is 1.93 bits per heavy atom. The van der Waals surface area contributed by atoms with E-state index >= 15 is 0 Å². The standard InChI is InChI=1S/C22H27N3O2/c1-24(17-9-3-2-4-10-17)21-19(12-7-13-23-21)22(27)25-14-16-8-5-6-11-18(16)20(26)15-25/h5-8,11-13,17,20,26H,2-4,9-10,14-15H2,1H3/t20-/m0/s1. The number of anilines is 1. The number of fused-ring (bicyclic) bond motifs is 1. The molecule has 5 heteroatoms. The van der Waals surface area contributed by atoms with Crippen molar-refractivity contribution < 1.29 is 9.90 Å². The Labute approximate surface area is 160 Å². The highest BCUT2D eigenvalue weighted by atomic mass is 16.3. The van der Waals surface area contributed by atoms with Gasteiger partial charge in [-0.25, -0.2) is 4.98 Å². The lowest BCUT2D eigenvalue weighted by atomic mass is 9.94. The maximum atomic E-state index is 13.3. The number of amides is 1. The van der Waals surface area contributed by atoms with Gasteiger partial charge in [0.25, 0.3) is 5.91 Å². The summed E-state index contributed by atoms with van der Waals surface area (Å²) in [6, 6.07) is 11.9. The summed E-state index contributed by atoms with van der Waals surface area (Å²) in [4.78, 5) is 21.8. The minimum Gasteiger partial charge on any atom is -0.387 e. The third-order valence-corrected chi connectivity index (χ3v) is 5.93. The van der Waals surface area contributed by atoms with Crippen molar-refractivity contribution in [1.82, 2.24) is 9.88 Å². The molecule has 1 atom stereocenters. The average molecular weight is 365 g/mol. The second kappa shape index (κ2) is 7.69. The zero-order valence-electron chi connectivity index (χ0n) is 15.8. The van der Waals surface area contributed by atoms with Gasteiger partial charge in [-0.3, -0.25) is 4.79 Å². The lowest BCUT2D eigenvalue weighted by Crippen LogP contribution is -2.40. The molecule has 1 N–H and O–H groups in total. The molecule has 1 aliphatic heterocycles. The summed E-state index contributed by atoms with van der Waals surface area (Å²) in [5.41, 5.74) is 2.56. The van der Waals surface area contributed by atoms with Gasteiger partial charge in [-0.05, 0) is 36.1 Å². The third kappa shape index (κ3) is 3.56. The molecule has 1 fully saturated rings. The van der Waals surface area contributed by atoms with Crippen LogP contribution in [0.1, 0.15) is 59.7 Å². The van der Waals surface area contributed by atoms with E-state index in [1.807, 2.05) is 36.4 Å². The number of carbonyl (C=O) groups is 1. The number of nitrogens with zero attached hydrogens (tertiary/aromatic N) is 3. The topological polar surface area (TPSA) is 56.7 Å². The maximum Gasteiger partial charge on any atom is 0.258 e. The Bertz CT molecular complexity index is 817. The summed E-state index contributed by atoms with van der Waals surface area (Å²) in [6.45, 7) is 0.838. The van der Waals surface area contributed by atoms with Gasteiger partial charge < -0.3 is 14.9 Å². The van der Waals surface area contributed by atoms with E-state index in [0.717, 1.165) is 29.8 Å². The van der Waals surface area contributed by atoms with E-state index in [0.29, 0.717) is 24.7 Å². The van der Waals surface area contributed by atoms with Crippen molar-refractivity contribution >= 4 is 11.7 Å². The van der Waals surface area contributed by atoms with Gasteiger partial charge >= 0.3 is 0 Å². The maximum absolute atomic E-state index is 13.3. The zero-order valence-corrected chi connectivity index (χ0v) is 15.8. The normalized spacial score (nSPS) is 20.2. The van der Waals surface area contributed by atoms with Gasteiger partial charge in [-0.1, -0.05) is 43.5 Å². The van der Waals surface area contributed by atoms with Crippen LogP contribution in [0.4, 0.5) is 5.82 Å². The lowest BCUT2D eigenvalue weighted by Gasteiger charge is -2.35. The molecular formula is C22H27N3O2. The van der Waals surface area contributed by atoms with Crippen molar-refractivity contribution in [3.05, 3.63) is 59.3 Å². The minimum atomic E-state index is -0.643. The van der Waals surface area contributed by atoms with Gasteiger partial charge in [-0.2, -0.15) is 0 Å². The number of benzene rings is 1. The number of rotatable bonds is 3. The first-order valence-electron chi connectivity index (χ1n) is 9.88. The number of hydrogen-bond acceptors (Lipinski definition) is 4. The summed E-state index contributed by atoms with van der Waals surface area (Å²) < 4.78 is 0. The van der Waals surface area contributed by atoms with Crippen molar-refractivity contribution in [3.63, 3.8) is 0 Å². The first-order valence-corrected chi connectivity index (χ1v) is 9.88. The van der Waals surface area contributed by atoms with E-state index in [1.165, 1.54) is 19.3 Å². The first kappa shape index (κ1) is 18.0. The van der Waals surface area contributed by atoms with E-state index in [1.54, 1.807) is 11.1 Å². The van der Waals surface area contributed by atoms with Crippen LogP contribution >= 0.6 is 0 Å². The number of hydrogen-bond donors (Lipinski definition) is 1. The fraction of sp³-hybridized carbons (Fsp3) is 0.455. The molecule has 1 saturated carbocycles. The Kier molecular flexibility index (Phi) is 5.12. The fourth-order valence-electron chi connectivity index (χ4n) is 4.39. The molecule has 2 heterocycles. The van der Waals surface area contributed by atoms with Gasteiger partial charge in [0.15, 0.2) is 0 Å². The molecule has 5 nitrogen and oxygen atoms in total. The number of carbonyl (C=O) groups excluding carboxylic acids is 1. The third-order valence-electron chi connectivity index (χ3n) is 5.93. The van der Waals surface area contributed by atoms with Crippen molar-refractivity contribution in [3.8, 4) is 0 Å². The summed E-state index contributed by atoms with van der Waals surface area (Å²) >= 11 is 0. The van der Waals surface area contributed by atoms with Crippen molar-refractivity contribution in [1.29, 1.82) is 0 Å². The van der Waals surface area contributed by atoms with Gasteiger partial charge in [0.05, 0.1) is 18.2 Å². The van der Waals surface area contributed by atoms with Gasteiger partial charge in [-0.15, -0.1) is 0 Å². The molecule has 4 rings (SSSR count). The molecule has 2 aromatic rings. The Morgan fingerprint density at radius 3 is 2.74 bits per heavy atom. The highest BCUT2D eigenvalue weighted by molar-refractivity contribution is 5.99. The largest absolute Gasteiger partial charge is 0.387 e. The molecule has 1 amide bonds. The molecule has 0 spiro atoms. The minimum absolute atomic E-state index is 0.0608. The molecule has 1 aromatic carbocycles. The lowest BCUT2D eigenvalue weighted by molar-refractivity contribution is 0.0550. The van der Waals surface area contributed by atoms with E-state index in [-0.39, 0.29) is 5.91 Å². The van der Waals surface area contributed by atoms with Crippen LogP contribution in [-0.4, -0.2) is 40.5 Å². The predicted octanol–water partition coefficient (Wildman–Crippen LogP) is 3.54. The molecule has 0 radical (unpaired) electrons. The molecule has 1 aromatic heterocycles. The molecule has 0 saturated heterocycles. The monoisotopic (exact) mass is 365 g/mol. The van der Waals surface area contributed by atoms with Crippen LogP contribution in [-0.2, 0) is 6.54 Å². The summed E-state index contributed by atoms with van der Waals surface area (Å²) in [5.74, 6) is 0.692. The van der Waals surface area contributed by atoms with Crippen LogP contribution in [0.3, 0.4) is 0 Å². The van der Waals surface area contributed by atoms with Crippen LogP contribution in [0.25, 0.3) is 0 Å². The fourth-order valence-corrected chi connectivity index (χ4v) is 4.39. The second-order valence-corrected chi connectivity index (χ2v) is 7.68. The Morgan fingerprint density at radius 1 is 1.15 bits per heavy atom. The van der Waals surface area contributed by atoms with Crippen LogP contribution in [0, 0.1) is 0 Å². The summed E-state index contributed by atoms with van der Waals surface area (Å²) in [7, 11) is 2.05.